The van der Waals surface area contributed by atoms with Crippen molar-refractivity contribution in [2.45, 2.75) is 44.3 Å². The molecule has 9 nitrogen and oxygen atoms in total. The van der Waals surface area contributed by atoms with Crippen LogP contribution in [0.3, 0.4) is 0 Å². The number of nitrogens with one attached hydrogen (secondary N) is 2. The summed E-state index contributed by atoms with van der Waals surface area (Å²) >= 11 is 1.39. The highest BCUT2D eigenvalue weighted by atomic mass is 32.1. The summed E-state index contributed by atoms with van der Waals surface area (Å²) in [6.45, 7) is 1.70. The highest BCUT2D eigenvalue weighted by Crippen LogP contribution is 2.28. The van der Waals surface area contributed by atoms with Crippen LogP contribution in [-0.4, -0.2) is 77.6 Å². The highest BCUT2D eigenvalue weighted by molar-refractivity contribution is 7.13. The molecule has 1 aromatic heterocycles. The van der Waals surface area contributed by atoms with Crippen LogP contribution in [0.15, 0.2) is 0 Å². The third kappa shape index (κ3) is 4.61. The van der Waals surface area contributed by atoms with E-state index in [1.54, 1.807) is 19.0 Å². The van der Waals surface area contributed by atoms with E-state index < -0.39 is 18.2 Å². The third-order valence-electron chi connectivity index (χ3n) is 5.38. The maximum Gasteiger partial charge on any atom is 0.404 e. The van der Waals surface area contributed by atoms with Gasteiger partial charge in [0.05, 0.1) is 17.8 Å². The zero-order chi connectivity index (χ0) is 20.4. The van der Waals surface area contributed by atoms with Gasteiger partial charge in [0.15, 0.2) is 5.01 Å². The molecule has 3 unspecified atom stereocenters. The Bertz CT molecular complexity index is 765. The Morgan fingerprint density at radius 1 is 1.21 bits per heavy atom. The van der Waals surface area contributed by atoms with E-state index >= 15 is 0 Å². The average Bonchev–Trinajstić information content (AvgIpc) is 3.05. The fraction of sp³-hybridized carbons (Fsp3) is 0.667. The minimum absolute atomic E-state index is 0.000717. The number of rotatable bonds is 4. The lowest BCUT2D eigenvalue weighted by atomic mass is 9.81. The first-order chi connectivity index (χ1) is 13.2. The van der Waals surface area contributed by atoms with E-state index in [0.717, 1.165) is 30.1 Å². The Morgan fingerprint density at radius 2 is 1.96 bits per heavy atom. The molecule has 0 saturated heterocycles. The zero-order valence-electron chi connectivity index (χ0n) is 16.4. The summed E-state index contributed by atoms with van der Waals surface area (Å²) in [5.41, 5.74) is 0.970. The monoisotopic (exact) mass is 409 g/mol. The number of likely N-dealkylation sites (N-methyl/N-ethyl adjacent to an activating group) is 1. The Hall–Kier alpha value is -2.20. The number of hydrogen-bond acceptors (Lipinski definition) is 6. The van der Waals surface area contributed by atoms with Gasteiger partial charge in [-0.1, -0.05) is 0 Å². The number of carbonyl (C=O) groups is 3. The number of aromatic nitrogens is 1. The lowest BCUT2D eigenvalue weighted by Crippen LogP contribution is -2.55. The lowest BCUT2D eigenvalue weighted by Gasteiger charge is -2.36. The van der Waals surface area contributed by atoms with Gasteiger partial charge < -0.3 is 25.5 Å². The van der Waals surface area contributed by atoms with Crippen LogP contribution in [0.2, 0.25) is 0 Å². The van der Waals surface area contributed by atoms with Gasteiger partial charge in [0, 0.05) is 44.4 Å². The molecule has 1 fully saturated rings. The van der Waals surface area contributed by atoms with E-state index in [1.165, 1.54) is 11.3 Å². The predicted molar refractivity (Wildman–Crippen MR) is 104 cm³/mol. The van der Waals surface area contributed by atoms with Crippen LogP contribution >= 0.6 is 11.3 Å². The van der Waals surface area contributed by atoms with Crippen molar-refractivity contribution in [3.05, 3.63) is 15.6 Å². The fourth-order valence-corrected chi connectivity index (χ4v) is 4.99. The number of hydrogen-bond donors (Lipinski definition) is 3. The molecule has 0 radical (unpaired) electrons. The number of fused-ring (bicyclic) bond motifs is 1. The smallest absolute Gasteiger partial charge is 0.404 e. The van der Waals surface area contributed by atoms with Crippen molar-refractivity contribution in [3.63, 3.8) is 0 Å². The Kier molecular flexibility index (Phi) is 6.19. The summed E-state index contributed by atoms with van der Waals surface area (Å²) in [5.74, 6) is -0.534. The molecular formula is C18H27N5O4S. The van der Waals surface area contributed by atoms with Crippen LogP contribution in [0, 0.1) is 5.92 Å². The quantitative estimate of drug-likeness (QED) is 0.676. The first-order valence-corrected chi connectivity index (χ1v) is 10.2. The van der Waals surface area contributed by atoms with Crippen molar-refractivity contribution in [3.8, 4) is 0 Å². The number of amides is 3. The van der Waals surface area contributed by atoms with Gasteiger partial charge in [-0.25, -0.2) is 9.78 Å². The maximum absolute atomic E-state index is 12.8. The molecule has 3 rings (SSSR count). The van der Waals surface area contributed by atoms with E-state index in [9.17, 15) is 14.4 Å². The van der Waals surface area contributed by atoms with Crippen molar-refractivity contribution >= 4 is 29.2 Å². The first kappa shape index (κ1) is 20.5. The van der Waals surface area contributed by atoms with Gasteiger partial charge in [0.25, 0.3) is 5.91 Å². The minimum Gasteiger partial charge on any atom is -0.465 e. The summed E-state index contributed by atoms with van der Waals surface area (Å²) in [4.78, 5) is 45.6. The molecule has 1 aromatic rings. The normalized spacial score (nSPS) is 24.9. The Balaban J connectivity index is 1.72. The summed E-state index contributed by atoms with van der Waals surface area (Å²) in [6.07, 6.45) is 1.19. The molecule has 1 saturated carbocycles. The first-order valence-electron chi connectivity index (χ1n) is 9.43. The second kappa shape index (κ2) is 8.44. The van der Waals surface area contributed by atoms with E-state index in [-0.39, 0.29) is 17.7 Å². The largest absolute Gasteiger partial charge is 0.465 e. The van der Waals surface area contributed by atoms with Gasteiger partial charge >= 0.3 is 6.09 Å². The van der Waals surface area contributed by atoms with E-state index in [1.807, 2.05) is 7.05 Å². The minimum atomic E-state index is -1.13. The molecule has 0 bridgehead atoms. The van der Waals surface area contributed by atoms with Gasteiger partial charge in [0.1, 0.15) is 0 Å². The summed E-state index contributed by atoms with van der Waals surface area (Å²) in [6, 6.07) is -0.872. The predicted octanol–water partition coefficient (Wildman–Crippen LogP) is 0.754. The van der Waals surface area contributed by atoms with Crippen molar-refractivity contribution in [1.82, 2.24) is 25.4 Å². The van der Waals surface area contributed by atoms with Crippen LogP contribution in [0.1, 0.15) is 39.6 Å². The van der Waals surface area contributed by atoms with Gasteiger partial charge in [-0.15, -0.1) is 11.3 Å². The molecule has 2 aliphatic rings. The molecule has 3 atom stereocenters. The van der Waals surface area contributed by atoms with E-state index in [4.69, 9.17) is 5.11 Å². The van der Waals surface area contributed by atoms with Crippen LogP contribution in [0.5, 0.6) is 0 Å². The van der Waals surface area contributed by atoms with E-state index in [2.05, 4.69) is 20.5 Å². The zero-order valence-corrected chi connectivity index (χ0v) is 17.2. The van der Waals surface area contributed by atoms with Crippen molar-refractivity contribution in [2.75, 3.05) is 27.7 Å². The highest BCUT2D eigenvalue weighted by Gasteiger charge is 2.36. The molecule has 10 heteroatoms. The molecule has 0 aromatic carbocycles. The number of nitrogens with zero attached hydrogens (tertiary/aromatic N) is 3. The third-order valence-corrected chi connectivity index (χ3v) is 6.46. The van der Waals surface area contributed by atoms with Gasteiger partial charge in [-0.3, -0.25) is 9.59 Å². The Morgan fingerprint density at radius 3 is 2.64 bits per heavy atom. The number of carboxylic acid groups (broad SMARTS) is 1. The summed E-state index contributed by atoms with van der Waals surface area (Å²) in [5, 5.41) is 14.9. The average molecular weight is 410 g/mol. The second-order valence-electron chi connectivity index (χ2n) is 7.76. The molecule has 28 heavy (non-hydrogen) atoms. The van der Waals surface area contributed by atoms with Crippen LogP contribution < -0.4 is 10.6 Å². The Labute approximate surface area is 168 Å². The number of thiazole rings is 1. The molecule has 2 heterocycles. The molecule has 1 aliphatic heterocycles. The summed E-state index contributed by atoms with van der Waals surface area (Å²) in [7, 11) is 5.44. The van der Waals surface area contributed by atoms with Crippen LogP contribution in [-0.2, 0) is 17.8 Å². The van der Waals surface area contributed by atoms with E-state index in [0.29, 0.717) is 24.3 Å². The summed E-state index contributed by atoms with van der Waals surface area (Å²) < 4.78 is 0. The van der Waals surface area contributed by atoms with Crippen molar-refractivity contribution in [2.24, 2.45) is 5.92 Å². The van der Waals surface area contributed by atoms with Gasteiger partial charge in [0.2, 0.25) is 5.91 Å². The fourth-order valence-electron chi connectivity index (χ4n) is 3.90. The molecule has 3 N–H and O–H groups in total. The van der Waals surface area contributed by atoms with Crippen molar-refractivity contribution in [1.29, 1.82) is 0 Å². The lowest BCUT2D eigenvalue weighted by molar-refractivity contribution is -0.134. The maximum atomic E-state index is 12.8. The van der Waals surface area contributed by atoms with Gasteiger partial charge in [-0.2, -0.15) is 0 Å². The van der Waals surface area contributed by atoms with Crippen LogP contribution in [0.25, 0.3) is 0 Å². The molecule has 0 spiro atoms. The molecule has 1 aliphatic carbocycles. The molecule has 154 valence electrons. The molecular weight excluding hydrogens is 382 g/mol. The van der Waals surface area contributed by atoms with Crippen LogP contribution in [0.4, 0.5) is 4.79 Å². The number of carbonyl (C=O) groups excluding carboxylic acids is 2. The topological polar surface area (TPSA) is 115 Å². The standard InChI is InChI=1S/C18H27N5O4S/c1-22(2)17(25)10-4-5-11(21-18(26)27)13(8-10)19-15(24)16-20-12-6-7-23(3)9-14(12)28-16/h10-11,13,21H,4-9H2,1-3H3,(H,19,24)(H,26,27). The SMILES string of the molecule is CN1CCc2nc(C(=O)NC3CC(C(=O)N(C)C)CCC3NC(=O)O)sc2C1. The van der Waals surface area contributed by atoms with Gasteiger partial charge in [-0.05, 0) is 26.3 Å². The molecule has 3 amide bonds. The second-order valence-corrected chi connectivity index (χ2v) is 8.84. The van der Waals surface area contributed by atoms with Crippen molar-refractivity contribution < 1.29 is 19.5 Å².